The third-order valence-electron chi connectivity index (χ3n) is 14.8. The van der Waals surface area contributed by atoms with Gasteiger partial charge in [0.05, 0.1) is 37.6 Å². The Morgan fingerprint density at radius 2 is 1.54 bits per heavy atom. The molecule has 416 valence electrons. The first-order valence-electron chi connectivity index (χ1n) is 27.6. The fourth-order valence-electron chi connectivity index (χ4n) is 10.8. The van der Waals surface area contributed by atoms with Gasteiger partial charge in [-0.3, -0.25) is 24.3 Å². The van der Waals surface area contributed by atoms with Crippen LogP contribution in [0.25, 0.3) is 5.65 Å². The van der Waals surface area contributed by atoms with Crippen LogP contribution in [0.1, 0.15) is 135 Å². The maximum absolute atomic E-state index is 15.1. The molecule has 5 amide bonds. The van der Waals surface area contributed by atoms with Gasteiger partial charge in [0.1, 0.15) is 47.3 Å². The Morgan fingerprint density at radius 1 is 0.823 bits per heavy atom. The molecule has 79 heavy (non-hydrogen) atoms. The fourth-order valence-corrected chi connectivity index (χ4v) is 11.0. The third kappa shape index (κ3) is 13.6. The maximum atomic E-state index is 15.1. The van der Waals surface area contributed by atoms with Gasteiger partial charge in [0.15, 0.2) is 5.65 Å². The molecule has 0 unspecified atom stereocenters. The summed E-state index contributed by atoms with van der Waals surface area (Å²) in [6, 6.07) is 27.1. The molecule has 4 atom stereocenters. The van der Waals surface area contributed by atoms with Gasteiger partial charge in [-0.05, 0) is 118 Å². The monoisotopic (exact) mass is 1110 g/mol. The lowest BCUT2D eigenvalue weighted by Gasteiger charge is -2.38. The molecule has 0 aliphatic carbocycles. The molecule has 16 nitrogen and oxygen atoms in total. The first-order chi connectivity index (χ1) is 38.1. The number of urea groups is 1. The lowest BCUT2D eigenvalue weighted by molar-refractivity contribution is -0.135. The number of hydrogen-bond donors (Lipinski definition) is 1. The van der Waals surface area contributed by atoms with Gasteiger partial charge in [-0.15, -0.1) is 0 Å². The van der Waals surface area contributed by atoms with E-state index in [-0.39, 0.29) is 48.4 Å². The van der Waals surface area contributed by atoms with E-state index in [4.69, 9.17) is 47.4 Å². The molecule has 2 aromatic heterocycles. The van der Waals surface area contributed by atoms with Crippen molar-refractivity contribution in [3.8, 4) is 17.2 Å². The van der Waals surface area contributed by atoms with Gasteiger partial charge in [0, 0.05) is 67.1 Å². The molecular weight excluding hydrogens is 1040 g/mol. The molecule has 9 rings (SSSR count). The van der Waals surface area contributed by atoms with Crippen LogP contribution in [0.2, 0.25) is 10.0 Å². The van der Waals surface area contributed by atoms with E-state index >= 15 is 4.79 Å². The van der Waals surface area contributed by atoms with E-state index in [0.29, 0.717) is 96.3 Å². The molecule has 5 heterocycles. The van der Waals surface area contributed by atoms with E-state index in [1.165, 1.54) is 0 Å². The Kier molecular flexibility index (Phi) is 18.4. The van der Waals surface area contributed by atoms with Crippen molar-refractivity contribution in [1.29, 1.82) is 0 Å². The van der Waals surface area contributed by atoms with Crippen molar-refractivity contribution in [3.05, 3.63) is 153 Å². The lowest BCUT2D eigenvalue weighted by atomic mass is 9.93. The Hall–Kier alpha value is -7.17. The van der Waals surface area contributed by atoms with Crippen LogP contribution in [-0.4, -0.2) is 129 Å². The Bertz CT molecular complexity index is 3170. The second-order valence-electron chi connectivity index (χ2n) is 21.2. The summed E-state index contributed by atoms with van der Waals surface area (Å²) >= 11 is 12.8. The number of nitrogens with one attached hydrogen (secondary N) is 1. The number of nitrogens with zero attached hydrogens (tertiary/aromatic N) is 8. The number of amidine groups is 1. The Balaban J connectivity index is 0.753. The summed E-state index contributed by atoms with van der Waals surface area (Å²) in [5.74, 6) is 2.08. The predicted molar refractivity (Wildman–Crippen MR) is 307 cm³/mol. The number of carbonyl (C=O) groups is 4. The number of carbonyl (C=O) groups excluding carboxylic acids is 4. The first-order valence-corrected chi connectivity index (χ1v) is 28.4. The second-order valence-corrected chi connectivity index (χ2v) is 22.1. The normalized spacial score (nSPS) is 18.7. The van der Waals surface area contributed by atoms with Crippen molar-refractivity contribution >= 4 is 58.4 Å². The average Bonchev–Trinajstić information content (AvgIpc) is 4.29. The summed E-state index contributed by atoms with van der Waals surface area (Å²) in [7, 11) is 1.59. The summed E-state index contributed by atoms with van der Waals surface area (Å²) < 4.78 is 20.1. The maximum Gasteiger partial charge on any atom is 0.326 e. The molecule has 3 aliphatic heterocycles. The average molecular weight is 1110 g/mol. The number of aryl methyl sites for hydroxylation is 1. The minimum absolute atomic E-state index is 0.0555. The number of hydrogen-bond acceptors (Lipinski definition) is 10. The number of benzene rings is 4. The third-order valence-corrected chi connectivity index (χ3v) is 15.3. The largest absolute Gasteiger partial charge is 0.497 e. The van der Waals surface area contributed by atoms with Gasteiger partial charge < -0.3 is 34.2 Å². The quantitative estimate of drug-likeness (QED) is 0.0825. The van der Waals surface area contributed by atoms with Crippen LogP contribution in [0.15, 0.2) is 108 Å². The highest BCUT2D eigenvalue weighted by atomic mass is 35.5. The summed E-state index contributed by atoms with van der Waals surface area (Å²) in [5, 5.41) is 8.61. The molecule has 0 spiro atoms. The molecule has 0 radical (unpaired) electrons. The zero-order valence-electron chi connectivity index (χ0n) is 46.0. The van der Waals surface area contributed by atoms with Crippen molar-refractivity contribution < 1.29 is 33.4 Å². The van der Waals surface area contributed by atoms with E-state index in [1.807, 2.05) is 98.6 Å². The zero-order chi connectivity index (χ0) is 55.7. The minimum atomic E-state index is -0.594. The molecule has 4 aromatic carbocycles. The van der Waals surface area contributed by atoms with E-state index in [1.54, 1.807) is 50.7 Å². The molecule has 0 saturated carbocycles. The number of aromatic nitrogens is 3. The summed E-state index contributed by atoms with van der Waals surface area (Å²) in [6.45, 7) is 12.3. The molecular formula is C61H71Cl2N9O7. The number of unbranched alkanes of at least 4 members (excludes halogenated alkanes) is 5. The Morgan fingerprint density at radius 3 is 2.27 bits per heavy atom. The number of halogens is 2. The number of aliphatic imine (C=N–C) groups is 1. The topological polar surface area (TPSA) is 164 Å². The van der Waals surface area contributed by atoms with Crippen molar-refractivity contribution in [3.63, 3.8) is 0 Å². The highest BCUT2D eigenvalue weighted by Crippen LogP contribution is 2.46. The van der Waals surface area contributed by atoms with Crippen LogP contribution in [0.5, 0.6) is 17.2 Å². The van der Waals surface area contributed by atoms with Gasteiger partial charge in [-0.2, -0.15) is 5.10 Å². The minimum Gasteiger partial charge on any atom is -0.497 e. The van der Waals surface area contributed by atoms with Crippen molar-refractivity contribution in [1.82, 2.24) is 39.5 Å². The second kappa shape index (κ2) is 25.7. The van der Waals surface area contributed by atoms with Crippen LogP contribution < -0.4 is 19.5 Å². The standard InChI is InChI=1S/C61H71Cl2N9O7/c1-39(2)78-53-35-48(77-6)23-24-49(53)59-67-56(43-15-19-45(62)20-16-43)57(44-17-21-46(63)22-18-44)72(59)61(76)70-32-31-68(55(74)38-70)28-12-10-8-7-9-11-13-54(73)64-27-30-69-37-42(5)79-52-25-14-40(3)33-50(52)41(4)34-47-26-29-71-58(66-47)51(36-65-71)60(69)75/h14-26,29,33,35-36,39,41-42,56-57H,7-13,27-28,30-32,34,37-38H2,1-6H3,(H,64,73)/t41-,42-,56+,57-/m0/s1. The Labute approximate surface area is 473 Å². The molecule has 1 N–H and O–H groups in total. The summed E-state index contributed by atoms with van der Waals surface area (Å²) in [6.07, 6.45) is 9.32. The van der Waals surface area contributed by atoms with E-state index in [0.717, 1.165) is 72.2 Å². The van der Waals surface area contributed by atoms with Crippen LogP contribution in [0.3, 0.4) is 0 Å². The van der Waals surface area contributed by atoms with E-state index < -0.39 is 12.1 Å². The van der Waals surface area contributed by atoms with Crippen LogP contribution in [-0.2, 0) is 16.0 Å². The molecule has 18 heteroatoms. The number of fused-ring (bicyclic) bond motifs is 2. The molecule has 6 aromatic rings. The lowest BCUT2D eigenvalue weighted by Crippen LogP contribution is -2.56. The summed E-state index contributed by atoms with van der Waals surface area (Å²) in [4.78, 5) is 73.3. The molecule has 1 fully saturated rings. The molecule has 2 bridgehead atoms. The van der Waals surface area contributed by atoms with Gasteiger partial charge >= 0.3 is 6.03 Å². The number of ether oxygens (including phenoxy) is 3. The van der Waals surface area contributed by atoms with Crippen LogP contribution >= 0.6 is 23.2 Å². The van der Waals surface area contributed by atoms with Crippen molar-refractivity contribution in [2.24, 2.45) is 4.99 Å². The van der Waals surface area contributed by atoms with Gasteiger partial charge in [-0.25, -0.2) is 14.3 Å². The highest BCUT2D eigenvalue weighted by molar-refractivity contribution is 6.30. The number of amides is 5. The van der Waals surface area contributed by atoms with E-state index in [9.17, 15) is 14.4 Å². The summed E-state index contributed by atoms with van der Waals surface area (Å²) in [5.41, 5.74) is 6.33. The molecule has 3 aliphatic rings. The molecule has 1 saturated heterocycles. The highest BCUT2D eigenvalue weighted by Gasteiger charge is 2.46. The SMILES string of the molecule is COc1ccc(C2=N[C@H](c3ccc(Cl)cc3)[C@H](c3ccc(Cl)cc3)N2C(=O)N2CCN(CCCCCCCCC(=O)NCCN3C[C@H](C)Oc4ccc(C)cc4[C@@H](C)Cc4ccn5ncc(c5n4)C3=O)C(=O)C2)c(OC(C)C)c1. The first kappa shape index (κ1) is 56.5. The van der Waals surface area contributed by atoms with Crippen molar-refractivity contribution in [2.45, 2.75) is 116 Å². The number of methoxy groups -OCH3 is 1. The van der Waals surface area contributed by atoms with Crippen LogP contribution in [0, 0.1) is 6.92 Å². The smallest absolute Gasteiger partial charge is 0.326 e. The fraction of sp³-hybridized carbons (Fsp3) is 0.426. The van der Waals surface area contributed by atoms with Crippen LogP contribution in [0.4, 0.5) is 4.79 Å². The van der Waals surface area contributed by atoms with Gasteiger partial charge in [0.25, 0.3) is 5.91 Å². The van der Waals surface area contributed by atoms with Gasteiger partial charge in [0.2, 0.25) is 11.8 Å². The van der Waals surface area contributed by atoms with Gasteiger partial charge in [-0.1, -0.05) is 97.8 Å². The number of piperazine rings is 1. The zero-order valence-corrected chi connectivity index (χ0v) is 47.5. The predicted octanol–water partition coefficient (Wildman–Crippen LogP) is 11.1. The number of rotatable bonds is 18. The van der Waals surface area contributed by atoms with Crippen molar-refractivity contribution in [2.75, 3.05) is 52.9 Å². The van der Waals surface area contributed by atoms with E-state index in [2.05, 4.69) is 30.3 Å².